The summed E-state index contributed by atoms with van der Waals surface area (Å²) < 4.78 is 0. The van der Waals surface area contributed by atoms with Gasteiger partial charge in [-0.25, -0.2) is 4.79 Å². The number of para-hydroxylation sites is 1. The lowest BCUT2D eigenvalue weighted by Gasteiger charge is -2.17. The smallest absolute Gasteiger partial charge is 0.325 e. The Morgan fingerprint density at radius 3 is 2.82 bits per heavy atom. The van der Waals surface area contributed by atoms with Gasteiger partial charge in [-0.1, -0.05) is 44.4 Å². The van der Waals surface area contributed by atoms with Crippen LogP contribution in [0.15, 0.2) is 30.5 Å². The van der Waals surface area contributed by atoms with Gasteiger partial charge in [0.25, 0.3) is 5.91 Å². The van der Waals surface area contributed by atoms with Crippen LogP contribution in [-0.2, 0) is 16.0 Å². The van der Waals surface area contributed by atoms with Crippen LogP contribution in [0.4, 0.5) is 4.79 Å². The van der Waals surface area contributed by atoms with Gasteiger partial charge in [0.2, 0.25) is 5.91 Å². The number of carbonyl (C=O) groups excluding carboxylic acids is 3. The molecule has 3 N–H and O–H groups in total. The molecular weight excluding hydrogens is 356 g/mol. The molecule has 28 heavy (non-hydrogen) atoms. The lowest BCUT2D eigenvalue weighted by atomic mass is 10.1. The van der Waals surface area contributed by atoms with Gasteiger partial charge in [0.05, 0.1) is 0 Å². The minimum absolute atomic E-state index is 0.0295. The van der Waals surface area contributed by atoms with Crippen molar-refractivity contribution in [2.45, 2.75) is 58.0 Å². The predicted molar refractivity (Wildman–Crippen MR) is 108 cm³/mol. The zero-order valence-corrected chi connectivity index (χ0v) is 16.5. The molecule has 0 spiro atoms. The quantitative estimate of drug-likeness (QED) is 0.458. The highest BCUT2D eigenvalue weighted by Gasteiger charge is 2.39. The molecule has 3 rings (SSSR count). The number of unbranched alkanes of at least 4 members (excludes halogenated alkanes) is 2. The van der Waals surface area contributed by atoms with Crippen LogP contribution < -0.4 is 10.6 Å². The highest BCUT2D eigenvalue weighted by atomic mass is 16.2. The summed E-state index contributed by atoms with van der Waals surface area (Å²) in [6, 6.07) is 6.69. The maximum Gasteiger partial charge on any atom is 0.325 e. The largest absolute Gasteiger partial charge is 0.361 e. The van der Waals surface area contributed by atoms with E-state index >= 15 is 0 Å². The van der Waals surface area contributed by atoms with Crippen molar-refractivity contribution in [1.82, 2.24) is 20.5 Å². The number of carbonyl (C=O) groups is 3. The van der Waals surface area contributed by atoms with Crippen molar-refractivity contribution in [2.75, 3.05) is 6.54 Å². The zero-order valence-electron chi connectivity index (χ0n) is 16.5. The number of aromatic amines is 1. The van der Waals surface area contributed by atoms with Crippen molar-refractivity contribution in [3.8, 4) is 0 Å². The molecule has 0 saturated carbocycles. The van der Waals surface area contributed by atoms with E-state index < -0.39 is 12.1 Å². The van der Waals surface area contributed by atoms with Gasteiger partial charge in [-0.05, 0) is 25.0 Å². The second-order valence-corrected chi connectivity index (χ2v) is 7.45. The van der Waals surface area contributed by atoms with Gasteiger partial charge in [0.1, 0.15) is 12.6 Å². The fourth-order valence-corrected chi connectivity index (χ4v) is 3.62. The molecule has 4 amide bonds. The molecule has 0 unspecified atom stereocenters. The number of urea groups is 1. The summed E-state index contributed by atoms with van der Waals surface area (Å²) in [5.41, 5.74) is 1.95. The first-order valence-corrected chi connectivity index (χ1v) is 9.95. The molecule has 1 fully saturated rings. The Hall–Kier alpha value is -2.83. The van der Waals surface area contributed by atoms with Crippen LogP contribution in [-0.4, -0.2) is 46.4 Å². The first-order valence-electron chi connectivity index (χ1n) is 9.95. The van der Waals surface area contributed by atoms with Crippen molar-refractivity contribution in [3.05, 3.63) is 36.0 Å². The second-order valence-electron chi connectivity index (χ2n) is 7.45. The Morgan fingerprint density at radius 1 is 1.25 bits per heavy atom. The van der Waals surface area contributed by atoms with E-state index in [4.69, 9.17) is 0 Å². The van der Waals surface area contributed by atoms with Gasteiger partial charge in [-0.15, -0.1) is 0 Å². The lowest BCUT2D eigenvalue weighted by molar-refractivity contribution is -0.132. The van der Waals surface area contributed by atoms with E-state index in [0.29, 0.717) is 6.42 Å². The highest BCUT2D eigenvalue weighted by molar-refractivity contribution is 6.06. The Kier molecular flexibility index (Phi) is 6.34. The lowest BCUT2D eigenvalue weighted by Crippen LogP contribution is -2.43. The average molecular weight is 384 g/mol. The first-order chi connectivity index (χ1) is 13.5. The molecule has 7 heteroatoms. The Bertz CT molecular complexity index is 860. The van der Waals surface area contributed by atoms with Crippen LogP contribution >= 0.6 is 0 Å². The Balaban J connectivity index is 1.56. The molecule has 0 radical (unpaired) electrons. The topological polar surface area (TPSA) is 94.3 Å². The first kappa shape index (κ1) is 19.9. The van der Waals surface area contributed by atoms with Gasteiger partial charge in [0.15, 0.2) is 0 Å². The fraction of sp³-hybridized carbons (Fsp3) is 0.476. The van der Waals surface area contributed by atoms with Crippen LogP contribution in [0.2, 0.25) is 0 Å². The third-order valence-electron chi connectivity index (χ3n) is 5.16. The number of amides is 4. The van der Waals surface area contributed by atoms with Gasteiger partial charge in [-0.3, -0.25) is 14.5 Å². The number of imide groups is 1. The van der Waals surface area contributed by atoms with Crippen molar-refractivity contribution < 1.29 is 14.4 Å². The minimum Gasteiger partial charge on any atom is -0.361 e. The molecule has 2 aromatic rings. The number of benzene rings is 1. The van der Waals surface area contributed by atoms with E-state index in [-0.39, 0.29) is 24.4 Å². The van der Waals surface area contributed by atoms with Crippen LogP contribution in [0.5, 0.6) is 0 Å². The number of H-pyrrole nitrogens is 1. The summed E-state index contributed by atoms with van der Waals surface area (Å²) >= 11 is 0. The zero-order chi connectivity index (χ0) is 20.1. The monoisotopic (exact) mass is 384 g/mol. The summed E-state index contributed by atoms with van der Waals surface area (Å²) in [6.07, 6.45) is 6.44. The molecule has 2 atom stereocenters. The van der Waals surface area contributed by atoms with Crippen molar-refractivity contribution in [1.29, 1.82) is 0 Å². The Labute approximate surface area is 164 Å². The second kappa shape index (κ2) is 8.91. The van der Waals surface area contributed by atoms with Crippen LogP contribution in [0.25, 0.3) is 10.9 Å². The molecule has 1 saturated heterocycles. The molecule has 1 aliphatic heterocycles. The Morgan fingerprint density at radius 2 is 2.04 bits per heavy atom. The van der Waals surface area contributed by atoms with E-state index in [0.717, 1.165) is 47.0 Å². The van der Waals surface area contributed by atoms with E-state index in [1.54, 1.807) is 0 Å². The number of aromatic nitrogens is 1. The maximum atomic E-state index is 12.7. The van der Waals surface area contributed by atoms with Gasteiger partial charge < -0.3 is 15.6 Å². The van der Waals surface area contributed by atoms with E-state index in [1.165, 1.54) is 0 Å². The summed E-state index contributed by atoms with van der Waals surface area (Å²) in [4.78, 5) is 41.3. The standard InChI is InChI=1S/C21H28N4O3/c1-3-4-5-8-14(2)23-19(26)13-25-20(27)18(24-21(25)28)11-15-12-22-17-10-7-6-9-16(15)17/h6-7,9-10,12,14,18,22H,3-5,8,11,13H2,1-2H3,(H,23,26)(H,24,28)/t14-,18+/m1/s1. The van der Waals surface area contributed by atoms with Gasteiger partial charge >= 0.3 is 6.03 Å². The van der Waals surface area contributed by atoms with E-state index in [9.17, 15) is 14.4 Å². The van der Waals surface area contributed by atoms with Gasteiger partial charge in [0, 0.05) is 29.6 Å². The molecule has 7 nitrogen and oxygen atoms in total. The SMILES string of the molecule is CCCCC[C@@H](C)NC(=O)CN1C(=O)N[C@@H](Cc2c[nH]c3ccccc23)C1=O. The molecule has 0 bridgehead atoms. The van der Waals surface area contributed by atoms with Crippen LogP contribution in [0.3, 0.4) is 0 Å². The van der Waals surface area contributed by atoms with Crippen molar-refractivity contribution >= 4 is 28.7 Å². The molecule has 2 heterocycles. The predicted octanol–water partition coefficient (Wildman–Crippen LogP) is 2.72. The number of fused-ring (bicyclic) bond motifs is 1. The molecule has 1 aromatic heterocycles. The number of nitrogens with zero attached hydrogens (tertiary/aromatic N) is 1. The number of rotatable bonds is 9. The van der Waals surface area contributed by atoms with Crippen molar-refractivity contribution in [3.63, 3.8) is 0 Å². The van der Waals surface area contributed by atoms with E-state index in [2.05, 4.69) is 22.5 Å². The molecule has 150 valence electrons. The summed E-state index contributed by atoms with van der Waals surface area (Å²) in [7, 11) is 0. The number of hydrogen-bond acceptors (Lipinski definition) is 3. The molecule has 1 aliphatic rings. The molecule has 0 aliphatic carbocycles. The summed E-state index contributed by atoms with van der Waals surface area (Å²) in [6.45, 7) is 3.83. The minimum atomic E-state index is -0.651. The number of nitrogens with one attached hydrogen (secondary N) is 3. The van der Waals surface area contributed by atoms with Crippen LogP contribution in [0, 0.1) is 0 Å². The summed E-state index contributed by atoms with van der Waals surface area (Å²) in [5.74, 6) is -0.663. The fourth-order valence-electron chi connectivity index (χ4n) is 3.62. The van der Waals surface area contributed by atoms with Crippen molar-refractivity contribution in [2.24, 2.45) is 0 Å². The van der Waals surface area contributed by atoms with Crippen LogP contribution in [0.1, 0.15) is 45.1 Å². The summed E-state index contributed by atoms with van der Waals surface area (Å²) in [5, 5.41) is 6.60. The van der Waals surface area contributed by atoms with Gasteiger partial charge in [-0.2, -0.15) is 0 Å². The third-order valence-corrected chi connectivity index (χ3v) is 5.16. The highest BCUT2D eigenvalue weighted by Crippen LogP contribution is 2.21. The molecular formula is C21H28N4O3. The normalized spacial score (nSPS) is 17.8. The maximum absolute atomic E-state index is 12.7. The molecule has 1 aromatic carbocycles. The van der Waals surface area contributed by atoms with E-state index in [1.807, 2.05) is 37.4 Å². The average Bonchev–Trinajstić information content (AvgIpc) is 3.18. The third kappa shape index (κ3) is 4.52. The number of hydrogen-bond donors (Lipinski definition) is 3.